The second-order valence-corrected chi connectivity index (χ2v) is 5.47. The van der Waals surface area contributed by atoms with Crippen molar-refractivity contribution in [3.63, 3.8) is 0 Å². The lowest BCUT2D eigenvalue weighted by Gasteiger charge is -2.02. The number of benzene rings is 2. The Morgan fingerprint density at radius 3 is 2.47 bits per heavy atom. The average Bonchev–Trinajstić information content (AvgIpc) is 2.77. The fraction of sp³-hybridized carbons (Fsp3) is 0.0625. The quantitative estimate of drug-likeness (QED) is 0.709. The van der Waals surface area contributed by atoms with Crippen molar-refractivity contribution in [3.8, 4) is 5.75 Å². The molecule has 0 aliphatic rings. The van der Waals surface area contributed by atoms with Crippen LogP contribution in [0.15, 0.2) is 48.5 Å². The maximum absolute atomic E-state index is 12.5. The van der Waals surface area contributed by atoms with Crippen molar-refractivity contribution in [2.75, 3.05) is 0 Å². The molecular formula is C16H12O2S. The second-order valence-electron chi connectivity index (χ2n) is 4.42. The molecular weight excluding hydrogens is 256 g/mol. The summed E-state index contributed by atoms with van der Waals surface area (Å²) in [7, 11) is 0. The summed E-state index contributed by atoms with van der Waals surface area (Å²) < 4.78 is 0.928. The van der Waals surface area contributed by atoms with E-state index in [0.717, 1.165) is 15.6 Å². The van der Waals surface area contributed by atoms with Crippen LogP contribution in [0.4, 0.5) is 0 Å². The average molecular weight is 268 g/mol. The predicted molar refractivity (Wildman–Crippen MR) is 78.1 cm³/mol. The van der Waals surface area contributed by atoms with Crippen LogP contribution < -0.4 is 0 Å². The molecule has 1 aromatic heterocycles. The van der Waals surface area contributed by atoms with E-state index in [1.165, 1.54) is 11.3 Å². The molecule has 0 saturated heterocycles. The molecule has 19 heavy (non-hydrogen) atoms. The SMILES string of the molecule is Cc1ccccc1C(=O)c1sc2ccccc2c1O. The van der Waals surface area contributed by atoms with Gasteiger partial charge in [0.2, 0.25) is 5.78 Å². The molecule has 1 heterocycles. The van der Waals surface area contributed by atoms with Gasteiger partial charge in [-0.25, -0.2) is 0 Å². The lowest BCUT2D eigenvalue weighted by atomic mass is 10.0. The highest BCUT2D eigenvalue weighted by Crippen LogP contribution is 2.38. The Balaban J connectivity index is 2.17. The van der Waals surface area contributed by atoms with Crippen LogP contribution in [-0.4, -0.2) is 10.9 Å². The van der Waals surface area contributed by atoms with Gasteiger partial charge in [0.15, 0.2) is 0 Å². The molecule has 0 aliphatic heterocycles. The van der Waals surface area contributed by atoms with Crippen LogP contribution >= 0.6 is 11.3 Å². The van der Waals surface area contributed by atoms with E-state index in [-0.39, 0.29) is 11.5 Å². The van der Waals surface area contributed by atoms with Crippen LogP contribution in [0.25, 0.3) is 10.1 Å². The highest BCUT2D eigenvalue weighted by molar-refractivity contribution is 7.21. The smallest absolute Gasteiger partial charge is 0.207 e. The number of hydrogen-bond acceptors (Lipinski definition) is 3. The molecule has 0 bridgehead atoms. The minimum Gasteiger partial charge on any atom is -0.506 e. The van der Waals surface area contributed by atoms with Crippen molar-refractivity contribution in [2.24, 2.45) is 0 Å². The van der Waals surface area contributed by atoms with E-state index < -0.39 is 0 Å². The van der Waals surface area contributed by atoms with Crippen LogP contribution in [0.2, 0.25) is 0 Å². The van der Waals surface area contributed by atoms with E-state index in [0.29, 0.717) is 10.4 Å². The molecule has 3 heteroatoms. The molecule has 0 amide bonds. The first-order valence-corrected chi connectivity index (χ1v) is 6.81. The summed E-state index contributed by atoms with van der Waals surface area (Å²) in [6, 6.07) is 14.9. The number of aromatic hydroxyl groups is 1. The summed E-state index contributed by atoms with van der Waals surface area (Å²) in [5.74, 6) is -0.0225. The fourth-order valence-corrected chi connectivity index (χ4v) is 3.19. The zero-order valence-electron chi connectivity index (χ0n) is 10.4. The molecule has 3 rings (SSSR count). The topological polar surface area (TPSA) is 37.3 Å². The van der Waals surface area contributed by atoms with Crippen molar-refractivity contribution in [2.45, 2.75) is 6.92 Å². The minimum atomic E-state index is -0.114. The monoisotopic (exact) mass is 268 g/mol. The Labute approximate surface area is 114 Å². The van der Waals surface area contributed by atoms with Gasteiger partial charge < -0.3 is 5.11 Å². The van der Waals surface area contributed by atoms with Gasteiger partial charge in [-0.2, -0.15) is 0 Å². The molecule has 0 fully saturated rings. The standard InChI is InChI=1S/C16H12O2S/c1-10-6-2-3-7-11(10)14(17)16-15(18)12-8-4-5-9-13(12)19-16/h2-9,18H,1H3. The number of hydrogen-bond donors (Lipinski definition) is 1. The van der Waals surface area contributed by atoms with Gasteiger partial charge in [0.25, 0.3) is 0 Å². The van der Waals surface area contributed by atoms with Gasteiger partial charge >= 0.3 is 0 Å². The third-order valence-corrected chi connectivity index (χ3v) is 4.32. The molecule has 0 saturated carbocycles. The van der Waals surface area contributed by atoms with E-state index in [4.69, 9.17) is 0 Å². The van der Waals surface area contributed by atoms with Crippen LogP contribution in [0, 0.1) is 6.92 Å². The minimum absolute atomic E-state index is 0.0915. The summed E-state index contributed by atoms with van der Waals surface area (Å²) in [4.78, 5) is 12.9. The van der Waals surface area contributed by atoms with E-state index >= 15 is 0 Å². The molecule has 3 aromatic rings. The van der Waals surface area contributed by atoms with Gasteiger partial charge in [0.1, 0.15) is 10.6 Å². The van der Waals surface area contributed by atoms with Crippen molar-refractivity contribution in [3.05, 3.63) is 64.5 Å². The molecule has 1 N–H and O–H groups in total. The predicted octanol–water partition coefficient (Wildman–Crippen LogP) is 4.15. The molecule has 94 valence electrons. The molecule has 0 aliphatic carbocycles. The van der Waals surface area contributed by atoms with Gasteiger partial charge in [-0.3, -0.25) is 4.79 Å². The molecule has 2 nitrogen and oxygen atoms in total. The van der Waals surface area contributed by atoms with Crippen molar-refractivity contribution in [1.29, 1.82) is 0 Å². The Bertz CT molecular complexity index is 771. The summed E-state index contributed by atoms with van der Waals surface area (Å²) in [5, 5.41) is 10.9. The van der Waals surface area contributed by atoms with Crippen LogP contribution in [0.5, 0.6) is 5.75 Å². The Kier molecular flexibility index (Phi) is 2.84. The van der Waals surface area contributed by atoms with Crippen molar-refractivity contribution < 1.29 is 9.90 Å². The summed E-state index contributed by atoms with van der Waals surface area (Å²) >= 11 is 1.34. The van der Waals surface area contributed by atoms with Gasteiger partial charge in [-0.1, -0.05) is 36.4 Å². The van der Waals surface area contributed by atoms with Crippen LogP contribution in [-0.2, 0) is 0 Å². The number of carbonyl (C=O) groups excluding carboxylic acids is 1. The van der Waals surface area contributed by atoms with E-state index in [9.17, 15) is 9.90 Å². The number of rotatable bonds is 2. The maximum atomic E-state index is 12.5. The van der Waals surface area contributed by atoms with Gasteiger partial charge in [-0.05, 0) is 24.6 Å². The zero-order chi connectivity index (χ0) is 13.4. The maximum Gasteiger partial charge on any atom is 0.207 e. The summed E-state index contributed by atoms with van der Waals surface area (Å²) in [6.07, 6.45) is 0. The summed E-state index contributed by atoms with van der Waals surface area (Å²) in [6.45, 7) is 1.90. The highest BCUT2D eigenvalue weighted by atomic mass is 32.1. The van der Waals surface area contributed by atoms with Crippen molar-refractivity contribution >= 4 is 27.2 Å². The zero-order valence-corrected chi connectivity index (χ0v) is 11.2. The molecule has 0 radical (unpaired) electrons. The summed E-state index contributed by atoms with van der Waals surface area (Å²) in [5.41, 5.74) is 1.56. The molecule has 0 unspecified atom stereocenters. The van der Waals surface area contributed by atoms with Crippen LogP contribution in [0.3, 0.4) is 0 Å². The van der Waals surface area contributed by atoms with Gasteiger partial charge in [-0.15, -0.1) is 11.3 Å². The Morgan fingerprint density at radius 2 is 1.74 bits per heavy atom. The van der Waals surface area contributed by atoms with E-state index in [1.54, 1.807) is 6.07 Å². The number of thiophene rings is 1. The molecule has 2 aromatic carbocycles. The van der Waals surface area contributed by atoms with Gasteiger partial charge in [0, 0.05) is 15.6 Å². The Hall–Kier alpha value is -2.13. The second kappa shape index (κ2) is 4.52. The lowest BCUT2D eigenvalue weighted by Crippen LogP contribution is -2.01. The number of carbonyl (C=O) groups is 1. The fourth-order valence-electron chi connectivity index (χ4n) is 2.14. The first-order valence-electron chi connectivity index (χ1n) is 5.99. The van der Waals surface area contributed by atoms with E-state index in [1.807, 2.05) is 49.4 Å². The van der Waals surface area contributed by atoms with Gasteiger partial charge in [0.05, 0.1) is 0 Å². The van der Waals surface area contributed by atoms with E-state index in [2.05, 4.69) is 0 Å². The number of ketones is 1. The first kappa shape index (κ1) is 11.9. The normalized spacial score (nSPS) is 10.8. The van der Waals surface area contributed by atoms with Crippen LogP contribution in [0.1, 0.15) is 20.8 Å². The molecule has 0 atom stereocenters. The number of fused-ring (bicyclic) bond motifs is 1. The van der Waals surface area contributed by atoms with Crippen molar-refractivity contribution in [1.82, 2.24) is 0 Å². The lowest BCUT2D eigenvalue weighted by molar-refractivity contribution is 0.104. The molecule has 0 spiro atoms. The number of aryl methyl sites for hydroxylation is 1. The largest absolute Gasteiger partial charge is 0.506 e. The third-order valence-electron chi connectivity index (χ3n) is 3.17. The highest BCUT2D eigenvalue weighted by Gasteiger charge is 2.20. The first-order chi connectivity index (χ1) is 9.18. The third kappa shape index (κ3) is 1.92. The Morgan fingerprint density at radius 1 is 1.05 bits per heavy atom.